The van der Waals surface area contributed by atoms with Crippen molar-refractivity contribution < 1.29 is 19.8 Å². The van der Waals surface area contributed by atoms with Gasteiger partial charge in [0.15, 0.2) is 6.04 Å². The Morgan fingerprint density at radius 3 is 2.05 bits per heavy atom. The number of benzene rings is 1. The molecule has 1 aromatic carbocycles. The molecule has 2 N–H and O–H groups in total. The van der Waals surface area contributed by atoms with E-state index in [1.807, 2.05) is 0 Å². The van der Waals surface area contributed by atoms with Crippen molar-refractivity contribution in [1.29, 1.82) is 0 Å². The number of phenolic OH excluding ortho intramolecular Hbond substituents is 1. The highest BCUT2D eigenvalue weighted by molar-refractivity contribution is 5.78. The van der Waals surface area contributed by atoms with Gasteiger partial charge in [-0.25, -0.2) is 4.79 Å². The molecule has 5 heteroatoms. The molecule has 0 aliphatic heterocycles. The Hall–Kier alpha value is -2.04. The highest BCUT2D eigenvalue weighted by Crippen LogP contribution is 2.29. The fourth-order valence-electron chi connectivity index (χ4n) is 2.07. The lowest BCUT2D eigenvalue weighted by Crippen LogP contribution is -2.38. The lowest BCUT2D eigenvalue weighted by molar-refractivity contribution is -0.148. The SMILES string of the molecule is Cc1cc(C(C(=O)O)N(C=O)C(C)C)cc(C)c1O. The molecular formula is C14H19NO4. The fourth-order valence-corrected chi connectivity index (χ4v) is 2.07. The molecular weight excluding hydrogens is 246 g/mol. The van der Waals surface area contributed by atoms with E-state index in [9.17, 15) is 19.8 Å². The summed E-state index contributed by atoms with van der Waals surface area (Å²) in [5.41, 5.74) is 1.67. The molecule has 0 bridgehead atoms. The Kier molecular flexibility index (Phi) is 4.53. The molecule has 0 aliphatic rings. The zero-order chi connectivity index (χ0) is 14.7. The first-order chi connectivity index (χ1) is 8.79. The second-order valence-electron chi connectivity index (χ2n) is 4.89. The van der Waals surface area contributed by atoms with E-state index in [1.54, 1.807) is 39.8 Å². The number of hydrogen-bond acceptors (Lipinski definition) is 3. The number of carbonyl (C=O) groups excluding carboxylic acids is 1. The number of nitrogens with zero attached hydrogens (tertiary/aromatic N) is 1. The smallest absolute Gasteiger partial charge is 0.331 e. The van der Waals surface area contributed by atoms with E-state index in [2.05, 4.69) is 0 Å². The zero-order valence-electron chi connectivity index (χ0n) is 11.5. The number of aryl methyl sites for hydroxylation is 2. The minimum Gasteiger partial charge on any atom is -0.507 e. The summed E-state index contributed by atoms with van der Waals surface area (Å²) in [5.74, 6) is -0.944. The summed E-state index contributed by atoms with van der Waals surface area (Å²) < 4.78 is 0. The molecule has 0 saturated carbocycles. The third-order valence-electron chi connectivity index (χ3n) is 3.08. The van der Waals surface area contributed by atoms with Crippen LogP contribution in [0.5, 0.6) is 5.75 Å². The first-order valence-corrected chi connectivity index (χ1v) is 6.05. The molecule has 0 fully saturated rings. The number of carboxylic acid groups (broad SMARTS) is 1. The monoisotopic (exact) mass is 265 g/mol. The molecule has 1 unspecified atom stereocenters. The average Bonchev–Trinajstić information content (AvgIpc) is 2.31. The molecule has 0 radical (unpaired) electrons. The fraction of sp³-hybridized carbons (Fsp3) is 0.429. The van der Waals surface area contributed by atoms with Crippen LogP contribution in [0.1, 0.15) is 36.6 Å². The molecule has 0 heterocycles. The van der Waals surface area contributed by atoms with Crippen molar-refractivity contribution in [3.63, 3.8) is 0 Å². The van der Waals surface area contributed by atoms with E-state index in [4.69, 9.17) is 0 Å². The van der Waals surface area contributed by atoms with Gasteiger partial charge < -0.3 is 15.1 Å². The van der Waals surface area contributed by atoms with Gasteiger partial charge in [-0.15, -0.1) is 0 Å². The number of amides is 1. The molecule has 5 nitrogen and oxygen atoms in total. The molecule has 1 amide bonds. The molecule has 0 aromatic heterocycles. The summed E-state index contributed by atoms with van der Waals surface area (Å²) in [6.45, 7) is 6.91. The Balaban J connectivity index is 3.35. The van der Waals surface area contributed by atoms with Gasteiger partial charge in [-0.05, 0) is 56.5 Å². The van der Waals surface area contributed by atoms with E-state index in [1.165, 1.54) is 4.90 Å². The molecule has 0 spiro atoms. The van der Waals surface area contributed by atoms with Crippen LogP contribution in [0, 0.1) is 13.8 Å². The Morgan fingerprint density at radius 1 is 1.26 bits per heavy atom. The minimum atomic E-state index is -1.09. The van der Waals surface area contributed by atoms with E-state index >= 15 is 0 Å². The number of aromatic hydroxyl groups is 1. The normalized spacial score (nSPS) is 12.3. The molecule has 1 rings (SSSR count). The van der Waals surface area contributed by atoms with Crippen molar-refractivity contribution in [2.75, 3.05) is 0 Å². The number of aliphatic carboxylic acids is 1. The van der Waals surface area contributed by atoms with Gasteiger partial charge in [0.1, 0.15) is 5.75 Å². The first-order valence-electron chi connectivity index (χ1n) is 6.05. The summed E-state index contributed by atoms with van der Waals surface area (Å²) in [6, 6.07) is 1.92. The van der Waals surface area contributed by atoms with Gasteiger partial charge in [-0.1, -0.05) is 0 Å². The summed E-state index contributed by atoms with van der Waals surface area (Å²) in [5, 5.41) is 19.1. The van der Waals surface area contributed by atoms with E-state index in [0.717, 1.165) is 0 Å². The van der Waals surface area contributed by atoms with E-state index in [0.29, 0.717) is 23.1 Å². The van der Waals surface area contributed by atoms with Gasteiger partial charge in [-0.3, -0.25) is 4.79 Å². The lowest BCUT2D eigenvalue weighted by Gasteiger charge is -2.29. The second kappa shape index (κ2) is 5.73. The third kappa shape index (κ3) is 3.05. The van der Waals surface area contributed by atoms with Crippen LogP contribution in [0.4, 0.5) is 0 Å². The molecule has 1 atom stereocenters. The van der Waals surface area contributed by atoms with Crippen LogP contribution < -0.4 is 0 Å². The number of carboxylic acids is 1. The molecule has 1 aromatic rings. The van der Waals surface area contributed by atoms with Gasteiger partial charge >= 0.3 is 5.97 Å². The molecule has 104 valence electrons. The minimum absolute atomic E-state index is 0.148. The zero-order valence-corrected chi connectivity index (χ0v) is 11.5. The Morgan fingerprint density at radius 2 is 1.74 bits per heavy atom. The van der Waals surface area contributed by atoms with Crippen LogP contribution in [0.3, 0.4) is 0 Å². The summed E-state index contributed by atoms with van der Waals surface area (Å²) in [4.78, 5) is 23.8. The largest absolute Gasteiger partial charge is 0.507 e. The van der Waals surface area contributed by atoms with Gasteiger partial charge in [0.2, 0.25) is 6.41 Å². The number of hydrogen-bond donors (Lipinski definition) is 2. The Bertz CT molecular complexity index is 473. The summed E-state index contributed by atoms with van der Waals surface area (Å²) in [6.07, 6.45) is 0.543. The van der Waals surface area contributed by atoms with Crippen molar-refractivity contribution >= 4 is 12.4 Å². The predicted octanol–water partition coefficient (Wildman–Crippen LogP) is 2.00. The van der Waals surface area contributed by atoms with Gasteiger partial charge in [0.25, 0.3) is 0 Å². The van der Waals surface area contributed by atoms with Crippen LogP contribution in [-0.2, 0) is 9.59 Å². The maximum absolute atomic E-state index is 11.4. The van der Waals surface area contributed by atoms with Crippen molar-refractivity contribution in [2.45, 2.75) is 39.8 Å². The van der Waals surface area contributed by atoms with Crippen molar-refractivity contribution in [1.82, 2.24) is 4.90 Å². The maximum Gasteiger partial charge on any atom is 0.331 e. The van der Waals surface area contributed by atoms with Gasteiger partial charge in [0, 0.05) is 6.04 Å². The maximum atomic E-state index is 11.4. The number of rotatable bonds is 5. The van der Waals surface area contributed by atoms with Crippen LogP contribution in [-0.4, -0.2) is 33.5 Å². The van der Waals surface area contributed by atoms with Crippen LogP contribution in [0.15, 0.2) is 12.1 Å². The highest BCUT2D eigenvalue weighted by Gasteiger charge is 2.29. The van der Waals surface area contributed by atoms with Crippen LogP contribution >= 0.6 is 0 Å². The van der Waals surface area contributed by atoms with Crippen molar-refractivity contribution in [3.8, 4) is 5.75 Å². The van der Waals surface area contributed by atoms with Gasteiger partial charge in [-0.2, -0.15) is 0 Å². The van der Waals surface area contributed by atoms with Crippen LogP contribution in [0.2, 0.25) is 0 Å². The van der Waals surface area contributed by atoms with Crippen LogP contribution in [0.25, 0.3) is 0 Å². The number of phenols is 1. The van der Waals surface area contributed by atoms with E-state index in [-0.39, 0.29) is 11.8 Å². The number of carbonyl (C=O) groups is 2. The Labute approximate surface area is 112 Å². The summed E-state index contributed by atoms with van der Waals surface area (Å²) in [7, 11) is 0. The molecule has 0 saturated heterocycles. The third-order valence-corrected chi connectivity index (χ3v) is 3.08. The predicted molar refractivity (Wildman–Crippen MR) is 71.0 cm³/mol. The standard InChI is InChI=1S/C14H19NO4/c1-8(2)15(7-16)12(14(18)19)11-5-9(3)13(17)10(4)6-11/h5-8,12,17H,1-4H3,(H,18,19). The highest BCUT2D eigenvalue weighted by atomic mass is 16.4. The summed E-state index contributed by atoms with van der Waals surface area (Å²) >= 11 is 0. The molecule has 19 heavy (non-hydrogen) atoms. The molecule has 0 aliphatic carbocycles. The van der Waals surface area contributed by atoms with Crippen molar-refractivity contribution in [3.05, 3.63) is 28.8 Å². The second-order valence-corrected chi connectivity index (χ2v) is 4.89. The van der Waals surface area contributed by atoms with Crippen molar-refractivity contribution in [2.24, 2.45) is 0 Å². The topological polar surface area (TPSA) is 77.8 Å². The van der Waals surface area contributed by atoms with Gasteiger partial charge in [0.05, 0.1) is 0 Å². The lowest BCUT2D eigenvalue weighted by atomic mass is 9.98. The van der Waals surface area contributed by atoms with E-state index < -0.39 is 12.0 Å². The quantitative estimate of drug-likeness (QED) is 0.798. The first kappa shape index (κ1) is 15.0. The average molecular weight is 265 g/mol.